The number of nitrogens with one attached hydrogen (secondary N) is 1. The van der Waals surface area contributed by atoms with Crippen molar-refractivity contribution in [3.63, 3.8) is 0 Å². The maximum atomic E-state index is 14.4. The van der Waals surface area contributed by atoms with E-state index in [4.69, 9.17) is 14.2 Å². The largest absolute Gasteiger partial charge is 0.486 e. The third-order valence-corrected chi connectivity index (χ3v) is 5.90. The Balaban J connectivity index is 1.56. The number of halogens is 1. The zero-order chi connectivity index (χ0) is 20.4. The van der Waals surface area contributed by atoms with Crippen LogP contribution in [-0.2, 0) is 26.3 Å². The molecule has 4 rings (SSSR count). The van der Waals surface area contributed by atoms with Crippen molar-refractivity contribution in [1.82, 2.24) is 0 Å². The highest BCUT2D eigenvalue weighted by Crippen LogP contribution is 2.38. The number of methoxy groups -OCH3 is 1. The molecule has 0 aromatic heterocycles. The summed E-state index contributed by atoms with van der Waals surface area (Å²) < 4.78 is 31.7. The van der Waals surface area contributed by atoms with Gasteiger partial charge < -0.3 is 19.5 Å². The van der Waals surface area contributed by atoms with Crippen LogP contribution in [-0.4, -0.2) is 26.2 Å². The van der Waals surface area contributed by atoms with Crippen LogP contribution in [0.3, 0.4) is 0 Å². The van der Waals surface area contributed by atoms with Crippen molar-refractivity contribution >= 4 is 11.6 Å². The van der Waals surface area contributed by atoms with E-state index in [1.165, 1.54) is 12.1 Å². The highest BCUT2D eigenvalue weighted by molar-refractivity contribution is 5.93. The summed E-state index contributed by atoms with van der Waals surface area (Å²) in [5.74, 6) is 0.171. The van der Waals surface area contributed by atoms with Crippen LogP contribution in [0.4, 0.5) is 10.1 Å². The first kappa shape index (κ1) is 19.9. The van der Waals surface area contributed by atoms with E-state index in [9.17, 15) is 9.18 Å². The fourth-order valence-corrected chi connectivity index (χ4v) is 4.13. The normalized spacial score (nSPS) is 19.2. The third kappa shape index (κ3) is 4.14. The Labute approximate surface area is 170 Å². The number of amides is 1. The minimum Gasteiger partial charge on any atom is -0.486 e. The number of aryl methyl sites for hydroxylation is 1. The Morgan fingerprint density at radius 1 is 1.14 bits per heavy atom. The molecule has 0 radical (unpaired) electrons. The molecule has 1 amide bonds. The summed E-state index contributed by atoms with van der Waals surface area (Å²) in [7, 11) is 1.66. The van der Waals surface area contributed by atoms with Crippen LogP contribution in [0.5, 0.6) is 5.75 Å². The lowest BCUT2D eigenvalue weighted by atomic mass is 9.86. The van der Waals surface area contributed by atoms with Crippen molar-refractivity contribution in [1.29, 1.82) is 0 Å². The molecule has 1 fully saturated rings. The van der Waals surface area contributed by atoms with Gasteiger partial charge in [0.05, 0.1) is 5.60 Å². The molecule has 0 spiro atoms. The fraction of sp³-hybridized carbons (Fsp3) is 0.435. The van der Waals surface area contributed by atoms with E-state index < -0.39 is 5.60 Å². The maximum absolute atomic E-state index is 14.4. The van der Waals surface area contributed by atoms with Gasteiger partial charge in [0.1, 0.15) is 17.7 Å². The zero-order valence-electron chi connectivity index (χ0n) is 16.8. The molecule has 0 aliphatic carbocycles. The molecule has 5 nitrogen and oxygen atoms in total. The number of anilines is 1. The van der Waals surface area contributed by atoms with Gasteiger partial charge in [0.2, 0.25) is 5.91 Å². The van der Waals surface area contributed by atoms with Crippen LogP contribution in [0.25, 0.3) is 0 Å². The standard InChI is InChI=1S/C23H26FNO4/c1-15(16-3-5-21-17(11-16)4-6-22(26)25-21)29-20-13-18(12-19(24)14-20)23(27-2)7-9-28-10-8-23/h3,5,11-15H,4,6-10H2,1-2H3,(H,25,26). The maximum Gasteiger partial charge on any atom is 0.224 e. The Hall–Kier alpha value is -2.44. The summed E-state index contributed by atoms with van der Waals surface area (Å²) in [6, 6.07) is 10.7. The molecule has 0 saturated carbocycles. The van der Waals surface area contributed by atoms with Gasteiger partial charge in [-0.1, -0.05) is 12.1 Å². The topological polar surface area (TPSA) is 56.8 Å². The second-order valence-electron chi connectivity index (χ2n) is 7.71. The van der Waals surface area contributed by atoms with Gasteiger partial charge in [-0.15, -0.1) is 0 Å². The summed E-state index contributed by atoms with van der Waals surface area (Å²) in [6.07, 6.45) is 2.30. The number of rotatable bonds is 5. The van der Waals surface area contributed by atoms with Crippen LogP contribution in [0, 0.1) is 5.82 Å². The zero-order valence-corrected chi connectivity index (χ0v) is 16.8. The molecule has 2 aromatic carbocycles. The minimum atomic E-state index is -0.550. The van der Waals surface area contributed by atoms with E-state index >= 15 is 0 Å². The monoisotopic (exact) mass is 399 g/mol. The number of carbonyl (C=O) groups is 1. The number of fused-ring (bicyclic) bond motifs is 1. The van der Waals surface area contributed by atoms with E-state index in [2.05, 4.69) is 11.4 Å². The number of hydrogen-bond acceptors (Lipinski definition) is 4. The predicted octanol–water partition coefficient (Wildman–Crippen LogP) is 4.50. The molecule has 29 heavy (non-hydrogen) atoms. The first-order valence-electron chi connectivity index (χ1n) is 10.0. The first-order chi connectivity index (χ1) is 14.0. The molecule has 154 valence electrons. The van der Waals surface area contributed by atoms with Crippen LogP contribution in [0.1, 0.15) is 49.0 Å². The van der Waals surface area contributed by atoms with Gasteiger partial charge in [0, 0.05) is 51.3 Å². The number of benzene rings is 2. The Morgan fingerprint density at radius 2 is 1.93 bits per heavy atom. The van der Waals surface area contributed by atoms with Crippen molar-refractivity contribution in [2.24, 2.45) is 0 Å². The fourth-order valence-electron chi connectivity index (χ4n) is 4.13. The summed E-state index contributed by atoms with van der Waals surface area (Å²) in [4.78, 5) is 11.5. The SMILES string of the molecule is COC1(c2cc(F)cc(OC(C)c3ccc4c(c3)CCC(=O)N4)c2)CCOCC1. The highest BCUT2D eigenvalue weighted by atomic mass is 19.1. The summed E-state index contributed by atoms with van der Waals surface area (Å²) in [6.45, 7) is 3.11. The van der Waals surface area contributed by atoms with Gasteiger partial charge >= 0.3 is 0 Å². The molecule has 0 bridgehead atoms. The predicted molar refractivity (Wildman–Crippen MR) is 108 cm³/mol. The van der Waals surface area contributed by atoms with Crippen LogP contribution in [0.2, 0.25) is 0 Å². The van der Waals surface area contributed by atoms with Gasteiger partial charge in [-0.2, -0.15) is 0 Å². The Morgan fingerprint density at radius 3 is 2.69 bits per heavy atom. The quantitative estimate of drug-likeness (QED) is 0.804. The van der Waals surface area contributed by atoms with E-state index in [1.54, 1.807) is 7.11 Å². The molecule has 2 aromatic rings. The lowest BCUT2D eigenvalue weighted by molar-refractivity contribution is -0.116. The van der Waals surface area contributed by atoms with Gasteiger partial charge in [0.25, 0.3) is 0 Å². The minimum absolute atomic E-state index is 0.0435. The molecule has 1 atom stereocenters. The molecule has 1 saturated heterocycles. The van der Waals surface area contributed by atoms with Crippen LogP contribution in [0.15, 0.2) is 36.4 Å². The van der Waals surface area contributed by atoms with Gasteiger partial charge in [-0.25, -0.2) is 4.39 Å². The van der Waals surface area contributed by atoms with Crippen molar-refractivity contribution in [3.05, 3.63) is 58.9 Å². The van der Waals surface area contributed by atoms with Crippen LogP contribution < -0.4 is 10.1 Å². The third-order valence-electron chi connectivity index (χ3n) is 5.90. The highest BCUT2D eigenvalue weighted by Gasteiger charge is 2.35. The van der Waals surface area contributed by atoms with E-state index in [-0.39, 0.29) is 17.8 Å². The summed E-state index contributed by atoms with van der Waals surface area (Å²) in [5, 5.41) is 2.88. The lowest BCUT2D eigenvalue weighted by Crippen LogP contribution is -2.35. The molecule has 6 heteroatoms. The van der Waals surface area contributed by atoms with E-state index in [0.29, 0.717) is 44.6 Å². The summed E-state index contributed by atoms with van der Waals surface area (Å²) >= 11 is 0. The molecule has 1 unspecified atom stereocenters. The van der Waals surface area contributed by atoms with Crippen molar-refractivity contribution in [3.8, 4) is 5.75 Å². The van der Waals surface area contributed by atoms with Crippen molar-refractivity contribution in [2.45, 2.75) is 44.3 Å². The van der Waals surface area contributed by atoms with Gasteiger partial charge in [-0.3, -0.25) is 4.79 Å². The van der Waals surface area contributed by atoms with Gasteiger partial charge in [-0.05, 0) is 48.2 Å². The smallest absolute Gasteiger partial charge is 0.224 e. The van der Waals surface area contributed by atoms with E-state index in [1.807, 2.05) is 25.1 Å². The van der Waals surface area contributed by atoms with Crippen LogP contribution >= 0.6 is 0 Å². The second-order valence-corrected chi connectivity index (χ2v) is 7.71. The average molecular weight is 399 g/mol. The lowest BCUT2D eigenvalue weighted by Gasteiger charge is -2.36. The molecule has 1 N–H and O–H groups in total. The first-order valence-corrected chi connectivity index (χ1v) is 10.0. The molecule has 2 aliphatic rings. The number of ether oxygens (including phenoxy) is 3. The van der Waals surface area contributed by atoms with Crippen molar-refractivity contribution in [2.75, 3.05) is 25.6 Å². The molecular formula is C23H26FNO4. The molecular weight excluding hydrogens is 373 g/mol. The average Bonchev–Trinajstić information content (AvgIpc) is 2.73. The van der Waals surface area contributed by atoms with Gasteiger partial charge in [0.15, 0.2) is 0 Å². The molecule has 2 heterocycles. The Kier molecular flexibility index (Phi) is 5.56. The number of hydrogen-bond donors (Lipinski definition) is 1. The molecule has 2 aliphatic heterocycles. The Bertz CT molecular complexity index is 908. The van der Waals surface area contributed by atoms with Crippen molar-refractivity contribution < 1.29 is 23.4 Å². The number of carbonyl (C=O) groups excluding carboxylic acids is 1. The van der Waals surface area contributed by atoms with E-state index in [0.717, 1.165) is 22.4 Å². The summed E-state index contributed by atoms with van der Waals surface area (Å²) in [5.41, 5.74) is 3.16. The second kappa shape index (κ2) is 8.13.